The first-order chi connectivity index (χ1) is 12.2. The van der Waals surface area contributed by atoms with Crippen LogP contribution in [0.5, 0.6) is 0 Å². The molecule has 0 radical (unpaired) electrons. The fraction of sp³-hybridized carbons (Fsp3) is 0.400. The van der Waals surface area contributed by atoms with Crippen LogP contribution < -0.4 is 10.6 Å². The van der Waals surface area contributed by atoms with Crippen molar-refractivity contribution in [3.8, 4) is 17.2 Å². The van der Waals surface area contributed by atoms with Crippen molar-refractivity contribution in [1.29, 1.82) is 5.26 Å². The first kappa shape index (κ1) is 17.7. The van der Waals surface area contributed by atoms with Crippen molar-refractivity contribution >= 4 is 17.2 Å². The van der Waals surface area contributed by atoms with Gasteiger partial charge in [-0.1, -0.05) is 30.7 Å². The topological polar surface area (TPSA) is 64.9 Å². The number of carbonyl (C=O) groups excluding carboxylic acids is 1. The lowest BCUT2D eigenvalue weighted by Gasteiger charge is -2.23. The SMILES string of the molecule is Cc1cscc1-c1ccc(C[C@@H](C#N)NC(=O)[C@@H]2CCCCN2)cc1. The van der Waals surface area contributed by atoms with E-state index in [4.69, 9.17) is 0 Å². The molecule has 1 aliphatic rings. The van der Waals surface area contributed by atoms with Gasteiger partial charge in [0.2, 0.25) is 5.91 Å². The van der Waals surface area contributed by atoms with Crippen molar-refractivity contribution in [2.45, 2.75) is 44.7 Å². The molecule has 0 aliphatic carbocycles. The first-order valence-electron chi connectivity index (χ1n) is 8.73. The lowest BCUT2D eigenvalue weighted by atomic mass is 10.00. The highest BCUT2D eigenvalue weighted by molar-refractivity contribution is 7.08. The van der Waals surface area contributed by atoms with Crippen molar-refractivity contribution in [2.24, 2.45) is 0 Å². The maximum atomic E-state index is 12.3. The third kappa shape index (κ3) is 4.47. The fourth-order valence-corrected chi connectivity index (χ4v) is 4.05. The van der Waals surface area contributed by atoms with Crippen molar-refractivity contribution in [2.75, 3.05) is 6.54 Å². The number of piperidine rings is 1. The number of amides is 1. The first-order valence-corrected chi connectivity index (χ1v) is 9.67. The number of rotatable bonds is 5. The molecule has 25 heavy (non-hydrogen) atoms. The van der Waals surface area contributed by atoms with Gasteiger partial charge >= 0.3 is 0 Å². The zero-order valence-corrected chi connectivity index (χ0v) is 15.2. The van der Waals surface area contributed by atoms with Crippen LogP contribution in [0.3, 0.4) is 0 Å². The highest BCUT2D eigenvalue weighted by Crippen LogP contribution is 2.27. The minimum Gasteiger partial charge on any atom is -0.339 e. The molecule has 4 nitrogen and oxygen atoms in total. The fourth-order valence-electron chi connectivity index (χ4n) is 3.19. The summed E-state index contributed by atoms with van der Waals surface area (Å²) in [7, 11) is 0. The molecule has 0 spiro atoms. The molecule has 3 rings (SSSR count). The van der Waals surface area contributed by atoms with Gasteiger partial charge in [-0.2, -0.15) is 16.6 Å². The van der Waals surface area contributed by atoms with Gasteiger partial charge in [0.1, 0.15) is 6.04 Å². The highest BCUT2D eigenvalue weighted by Gasteiger charge is 2.22. The Morgan fingerprint density at radius 2 is 2.16 bits per heavy atom. The normalized spacial score (nSPS) is 18.3. The summed E-state index contributed by atoms with van der Waals surface area (Å²) in [5, 5.41) is 19.8. The summed E-state index contributed by atoms with van der Waals surface area (Å²) in [6.45, 7) is 2.99. The van der Waals surface area contributed by atoms with Gasteiger partial charge in [0.15, 0.2) is 0 Å². The van der Waals surface area contributed by atoms with Gasteiger partial charge in [0, 0.05) is 6.42 Å². The summed E-state index contributed by atoms with van der Waals surface area (Å²) in [6.07, 6.45) is 3.55. The van der Waals surface area contributed by atoms with Gasteiger partial charge in [-0.05, 0) is 59.3 Å². The van der Waals surface area contributed by atoms with Gasteiger partial charge in [-0.3, -0.25) is 4.79 Å². The van der Waals surface area contributed by atoms with Crippen molar-refractivity contribution in [3.63, 3.8) is 0 Å². The van der Waals surface area contributed by atoms with E-state index in [2.05, 4.69) is 46.5 Å². The predicted molar refractivity (Wildman–Crippen MR) is 101 cm³/mol. The van der Waals surface area contributed by atoms with Gasteiger partial charge in [-0.25, -0.2) is 0 Å². The molecule has 1 saturated heterocycles. The molecule has 5 heteroatoms. The maximum absolute atomic E-state index is 12.3. The molecule has 0 bridgehead atoms. The van der Waals surface area contributed by atoms with Crippen LogP contribution in [-0.4, -0.2) is 24.5 Å². The molecule has 1 amide bonds. The number of nitriles is 1. The summed E-state index contributed by atoms with van der Waals surface area (Å²) in [5.41, 5.74) is 4.77. The van der Waals surface area contributed by atoms with Crippen LogP contribution in [0.15, 0.2) is 35.0 Å². The molecule has 130 valence electrons. The summed E-state index contributed by atoms with van der Waals surface area (Å²) >= 11 is 1.70. The zero-order chi connectivity index (χ0) is 17.6. The predicted octanol–water partition coefficient (Wildman–Crippen LogP) is 3.42. The van der Waals surface area contributed by atoms with E-state index >= 15 is 0 Å². The Labute approximate surface area is 152 Å². The van der Waals surface area contributed by atoms with Gasteiger partial charge in [-0.15, -0.1) is 0 Å². The highest BCUT2D eigenvalue weighted by atomic mass is 32.1. The zero-order valence-electron chi connectivity index (χ0n) is 14.4. The Balaban J connectivity index is 1.61. The van der Waals surface area contributed by atoms with E-state index in [1.165, 1.54) is 16.7 Å². The molecule has 0 saturated carbocycles. The van der Waals surface area contributed by atoms with Crippen LogP contribution in [0, 0.1) is 18.3 Å². The lowest BCUT2D eigenvalue weighted by molar-refractivity contribution is -0.124. The number of aryl methyl sites for hydroxylation is 1. The largest absolute Gasteiger partial charge is 0.339 e. The van der Waals surface area contributed by atoms with Crippen LogP contribution in [0.1, 0.15) is 30.4 Å². The molecule has 1 aromatic carbocycles. The quantitative estimate of drug-likeness (QED) is 0.866. The average molecular weight is 353 g/mol. The summed E-state index contributed by atoms with van der Waals surface area (Å²) in [5.74, 6) is -0.0585. The number of hydrogen-bond donors (Lipinski definition) is 2. The number of carbonyl (C=O) groups is 1. The van der Waals surface area contributed by atoms with E-state index in [1.54, 1.807) is 11.3 Å². The molecule has 2 N–H and O–H groups in total. The number of hydrogen-bond acceptors (Lipinski definition) is 4. The number of benzene rings is 1. The Morgan fingerprint density at radius 3 is 2.76 bits per heavy atom. The van der Waals surface area contributed by atoms with E-state index in [0.29, 0.717) is 6.42 Å². The van der Waals surface area contributed by atoms with Gasteiger partial charge < -0.3 is 10.6 Å². The third-order valence-electron chi connectivity index (χ3n) is 4.66. The van der Waals surface area contributed by atoms with Crippen LogP contribution in [-0.2, 0) is 11.2 Å². The van der Waals surface area contributed by atoms with Crippen molar-refractivity contribution in [3.05, 3.63) is 46.2 Å². The molecule has 1 fully saturated rings. The monoisotopic (exact) mass is 353 g/mol. The number of thiophene rings is 1. The lowest BCUT2D eigenvalue weighted by Crippen LogP contribution is -2.49. The molecule has 0 unspecified atom stereocenters. The molecule has 1 aliphatic heterocycles. The van der Waals surface area contributed by atoms with E-state index in [-0.39, 0.29) is 11.9 Å². The molecule has 1 aromatic heterocycles. The summed E-state index contributed by atoms with van der Waals surface area (Å²) in [4.78, 5) is 12.3. The van der Waals surface area contributed by atoms with Crippen molar-refractivity contribution in [1.82, 2.24) is 10.6 Å². The maximum Gasteiger partial charge on any atom is 0.238 e. The molecular weight excluding hydrogens is 330 g/mol. The second-order valence-electron chi connectivity index (χ2n) is 6.56. The van der Waals surface area contributed by atoms with E-state index in [1.807, 2.05) is 12.1 Å². The number of nitrogens with zero attached hydrogens (tertiary/aromatic N) is 1. The molecular formula is C20H23N3OS. The van der Waals surface area contributed by atoms with Crippen LogP contribution >= 0.6 is 11.3 Å². The molecule has 2 heterocycles. The van der Waals surface area contributed by atoms with Gasteiger partial charge in [0.25, 0.3) is 0 Å². The Hall–Kier alpha value is -2.16. The van der Waals surface area contributed by atoms with Crippen LogP contribution in [0.25, 0.3) is 11.1 Å². The van der Waals surface area contributed by atoms with Crippen LogP contribution in [0.4, 0.5) is 0 Å². The second-order valence-corrected chi connectivity index (χ2v) is 7.31. The molecule has 2 aromatic rings. The average Bonchev–Trinajstić information content (AvgIpc) is 3.08. The minimum atomic E-state index is -0.495. The standard InChI is InChI=1S/C20H23N3OS/c1-14-12-25-13-18(14)16-7-5-15(6-8-16)10-17(11-21)23-20(24)19-4-2-3-9-22-19/h5-8,12-13,17,19,22H,2-4,9-10H2,1H3,(H,23,24)/t17-,19-/m0/s1. The minimum absolute atomic E-state index is 0.0585. The summed E-state index contributed by atoms with van der Waals surface area (Å²) in [6, 6.07) is 9.82. The number of nitrogens with one attached hydrogen (secondary N) is 2. The molecule has 2 atom stereocenters. The van der Waals surface area contributed by atoms with E-state index in [0.717, 1.165) is 31.4 Å². The Kier molecular flexibility index (Phi) is 5.85. The van der Waals surface area contributed by atoms with Crippen LogP contribution in [0.2, 0.25) is 0 Å². The second kappa shape index (κ2) is 8.28. The van der Waals surface area contributed by atoms with Gasteiger partial charge in [0.05, 0.1) is 12.1 Å². The van der Waals surface area contributed by atoms with E-state index in [9.17, 15) is 10.1 Å². The van der Waals surface area contributed by atoms with Crippen molar-refractivity contribution < 1.29 is 4.79 Å². The smallest absolute Gasteiger partial charge is 0.238 e. The summed E-state index contributed by atoms with van der Waals surface area (Å²) < 4.78 is 0. The third-order valence-corrected chi connectivity index (χ3v) is 5.52. The Bertz CT molecular complexity index is 754. The Morgan fingerprint density at radius 1 is 1.36 bits per heavy atom. The van der Waals surface area contributed by atoms with E-state index < -0.39 is 6.04 Å².